The summed E-state index contributed by atoms with van der Waals surface area (Å²) in [5, 5.41) is 15.7. The maximum absolute atomic E-state index is 12.1. The van der Waals surface area contributed by atoms with Gasteiger partial charge in [-0.05, 0) is 25.7 Å². The van der Waals surface area contributed by atoms with Crippen LogP contribution >= 0.6 is 11.3 Å². The van der Waals surface area contributed by atoms with Crippen LogP contribution in [0.1, 0.15) is 45.4 Å². The van der Waals surface area contributed by atoms with Crippen LogP contribution in [-0.2, 0) is 4.79 Å². The Morgan fingerprint density at radius 3 is 2.31 bits per heavy atom. The summed E-state index contributed by atoms with van der Waals surface area (Å²) >= 11 is 1.44. The van der Waals surface area contributed by atoms with E-state index in [0.717, 1.165) is 70.1 Å². The molecule has 10 heteroatoms. The molecule has 2 saturated heterocycles. The monoisotopic (exact) mass is 421 g/mol. The summed E-state index contributed by atoms with van der Waals surface area (Å²) in [6.45, 7) is 7.21. The number of anilines is 2. The van der Waals surface area contributed by atoms with Gasteiger partial charge in [-0.1, -0.05) is 24.2 Å². The van der Waals surface area contributed by atoms with Crippen LogP contribution in [0.3, 0.4) is 0 Å². The average molecular weight is 422 g/mol. The number of piperazine rings is 1. The summed E-state index contributed by atoms with van der Waals surface area (Å²) in [6.07, 6.45) is 6.62. The van der Waals surface area contributed by atoms with Gasteiger partial charge in [0.1, 0.15) is 0 Å². The highest BCUT2D eigenvalue weighted by molar-refractivity contribution is 7.19. The van der Waals surface area contributed by atoms with Crippen molar-refractivity contribution < 1.29 is 9.59 Å². The number of rotatable bonds is 4. The van der Waals surface area contributed by atoms with Crippen molar-refractivity contribution in [3.8, 4) is 0 Å². The lowest BCUT2D eigenvalue weighted by Crippen LogP contribution is -2.53. The Balaban J connectivity index is 1.22. The molecule has 0 spiro atoms. The summed E-state index contributed by atoms with van der Waals surface area (Å²) in [5.41, 5.74) is 0. The van der Waals surface area contributed by atoms with Crippen LogP contribution in [0.4, 0.5) is 15.1 Å². The van der Waals surface area contributed by atoms with Crippen molar-refractivity contribution in [1.29, 1.82) is 0 Å². The first kappa shape index (κ1) is 20.3. The molecule has 1 aliphatic carbocycles. The van der Waals surface area contributed by atoms with E-state index in [1.807, 2.05) is 4.90 Å². The summed E-state index contributed by atoms with van der Waals surface area (Å²) in [5.74, 6) is 0.186. The Morgan fingerprint density at radius 1 is 0.966 bits per heavy atom. The van der Waals surface area contributed by atoms with E-state index >= 15 is 0 Å². The smallest absolute Gasteiger partial charge is 0.321 e. The molecule has 9 nitrogen and oxygen atoms in total. The lowest BCUT2D eigenvalue weighted by atomic mass is 10.0. The molecule has 1 aromatic rings. The van der Waals surface area contributed by atoms with E-state index in [-0.39, 0.29) is 18.0 Å². The van der Waals surface area contributed by atoms with Gasteiger partial charge < -0.3 is 15.1 Å². The highest BCUT2D eigenvalue weighted by atomic mass is 32.1. The van der Waals surface area contributed by atoms with Crippen molar-refractivity contribution in [2.45, 2.75) is 57.5 Å². The number of hydrogen-bond acceptors (Lipinski definition) is 7. The molecule has 0 aromatic carbocycles. The lowest BCUT2D eigenvalue weighted by Gasteiger charge is -2.42. The first-order valence-electron chi connectivity index (χ1n) is 10.7. The normalized spacial score (nSPS) is 22.1. The summed E-state index contributed by atoms with van der Waals surface area (Å²) in [6, 6.07) is 0.679. The molecule has 4 rings (SSSR count). The quantitative estimate of drug-likeness (QED) is 0.769. The molecule has 2 aliphatic heterocycles. The Kier molecular flexibility index (Phi) is 6.49. The van der Waals surface area contributed by atoms with Crippen LogP contribution in [-0.4, -0.2) is 83.3 Å². The van der Waals surface area contributed by atoms with E-state index < -0.39 is 0 Å². The fourth-order valence-corrected chi connectivity index (χ4v) is 5.40. The molecular weight excluding hydrogens is 390 g/mol. The predicted molar refractivity (Wildman–Crippen MR) is 113 cm³/mol. The number of likely N-dealkylation sites (tertiary alicyclic amines) is 1. The van der Waals surface area contributed by atoms with Crippen molar-refractivity contribution >= 4 is 33.5 Å². The van der Waals surface area contributed by atoms with Crippen molar-refractivity contribution in [3.05, 3.63) is 0 Å². The second-order valence-electron chi connectivity index (χ2n) is 8.23. The molecule has 0 radical (unpaired) electrons. The molecule has 160 valence electrons. The number of urea groups is 1. The Hall–Kier alpha value is -1.94. The van der Waals surface area contributed by atoms with Gasteiger partial charge in [0.25, 0.3) is 0 Å². The molecule has 3 heterocycles. The molecule has 0 atom stereocenters. The topological polar surface area (TPSA) is 93.7 Å². The maximum atomic E-state index is 12.1. The summed E-state index contributed by atoms with van der Waals surface area (Å²) < 4.78 is 0. The molecule has 3 fully saturated rings. The number of nitrogens with zero attached hydrogens (tertiary/aromatic N) is 5. The fourth-order valence-electron chi connectivity index (χ4n) is 4.61. The Labute approximate surface area is 175 Å². The van der Waals surface area contributed by atoms with E-state index in [1.165, 1.54) is 24.2 Å². The van der Waals surface area contributed by atoms with Gasteiger partial charge in [-0.15, -0.1) is 10.2 Å². The SMILES string of the molecule is CC(=O)N1CCC(N2CCN(c3nnc(NC(=O)NC4CCCC4)s3)CC2)CC1. The molecular formula is C19H31N7O2S. The van der Waals surface area contributed by atoms with Crippen LogP contribution in [0.2, 0.25) is 0 Å². The van der Waals surface area contributed by atoms with Crippen LogP contribution in [0.25, 0.3) is 0 Å². The number of amides is 3. The molecule has 0 bridgehead atoms. The third-order valence-electron chi connectivity index (χ3n) is 6.34. The van der Waals surface area contributed by atoms with Crippen LogP contribution < -0.4 is 15.5 Å². The minimum Gasteiger partial charge on any atom is -0.344 e. The van der Waals surface area contributed by atoms with Gasteiger partial charge in [-0.25, -0.2) is 4.79 Å². The van der Waals surface area contributed by atoms with E-state index in [4.69, 9.17) is 0 Å². The summed E-state index contributed by atoms with van der Waals surface area (Å²) in [7, 11) is 0. The first-order valence-corrected chi connectivity index (χ1v) is 11.6. The standard InChI is InChI=1S/C19H31N7O2S/c1-14(27)24-8-6-16(7-9-24)25-10-12-26(13-11-25)19-23-22-18(29-19)21-17(28)20-15-4-2-3-5-15/h15-16H,2-13H2,1H3,(H2,20,21,22,28). The third kappa shape index (κ3) is 5.16. The largest absolute Gasteiger partial charge is 0.344 e. The van der Waals surface area contributed by atoms with Gasteiger partial charge in [-0.3, -0.25) is 15.0 Å². The second kappa shape index (κ2) is 9.25. The van der Waals surface area contributed by atoms with Gasteiger partial charge >= 0.3 is 6.03 Å². The number of hydrogen-bond donors (Lipinski definition) is 2. The number of aromatic nitrogens is 2. The van der Waals surface area contributed by atoms with Crippen molar-refractivity contribution in [2.24, 2.45) is 0 Å². The molecule has 3 amide bonds. The fraction of sp³-hybridized carbons (Fsp3) is 0.789. The number of nitrogens with one attached hydrogen (secondary N) is 2. The van der Waals surface area contributed by atoms with Gasteiger partial charge in [0.15, 0.2) is 0 Å². The van der Waals surface area contributed by atoms with Crippen molar-refractivity contribution in [1.82, 2.24) is 25.3 Å². The molecule has 1 aromatic heterocycles. The highest BCUT2D eigenvalue weighted by Gasteiger charge is 2.29. The van der Waals surface area contributed by atoms with Gasteiger partial charge in [0, 0.05) is 58.3 Å². The zero-order chi connectivity index (χ0) is 20.2. The van der Waals surface area contributed by atoms with Crippen LogP contribution in [0.15, 0.2) is 0 Å². The first-order chi connectivity index (χ1) is 14.1. The molecule has 3 aliphatic rings. The van der Waals surface area contributed by atoms with E-state index in [0.29, 0.717) is 11.2 Å². The Morgan fingerprint density at radius 2 is 1.66 bits per heavy atom. The molecule has 2 N–H and O–H groups in total. The van der Waals surface area contributed by atoms with E-state index in [2.05, 4.69) is 30.6 Å². The summed E-state index contributed by atoms with van der Waals surface area (Å²) in [4.78, 5) is 30.4. The minimum absolute atomic E-state index is 0.179. The molecule has 29 heavy (non-hydrogen) atoms. The highest BCUT2D eigenvalue weighted by Crippen LogP contribution is 2.26. The molecule has 0 unspecified atom stereocenters. The van der Waals surface area contributed by atoms with Crippen molar-refractivity contribution in [3.63, 3.8) is 0 Å². The van der Waals surface area contributed by atoms with E-state index in [9.17, 15) is 9.59 Å². The minimum atomic E-state index is -0.179. The van der Waals surface area contributed by atoms with Gasteiger partial charge in [-0.2, -0.15) is 0 Å². The van der Waals surface area contributed by atoms with Crippen LogP contribution in [0.5, 0.6) is 0 Å². The van der Waals surface area contributed by atoms with Gasteiger partial charge in [0.2, 0.25) is 16.2 Å². The lowest BCUT2D eigenvalue weighted by molar-refractivity contribution is -0.130. The Bertz CT molecular complexity index is 705. The average Bonchev–Trinajstić information content (AvgIpc) is 3.40. The second-order valence-corrected chi connectivity index (χ2v) is 9.19. The zero-order valence-corrected chi connectivity index (χ0v) is 17.9. The van der Waals surface area contributed by atoms with Crippen LogP contribution in [0, 0.1) is 0 Å². The third-order valence-corrected chi connectivity index (χ3v) is 7.24. The van der Waals surface area contributed by atoms with Gasteiger partial charge in [0.05, 0.1) is 0 Å². The number of carbonyl (C=O) groups excluding carboxylic acids is 2. The zero-order valence-electron chi connectivity index (χ0n) is 17.1. The number of piperidine rings is 1. The van der Waals surface area contributed by atoms with E-state index in [1.54, 1.807) is 6.92 Å². The number of carbonyl (C=O) groups is 2. The van der Waals surface area contributed by atoms with Crippen molar-refractivity contribution in [2.75, 3.05) is 49.5 Å². The molecule has 1 saturated carbocycles. The predicted octanol–water partition coefficient (Wildman–Crippen LogP) is 1.74. The maximum Gasteiger partial charge on any atom is 0.321 e.